The maximum Gasteiger partial charge on any atom is 0.228 e. The first-order valence-electron chi connectivity index (χ1n) is 5.46. The van der Waals surface area contributed by atoms with Crippen LogP contribution < -0.4 is 10.5 Å². The molecule has 0 bridgehead atoms. The Hall–Kier alpha value is -0.810. The number of aromatic nitrogens is 1. The van der Waals surface area contributed by atoms with Crippen LogP contribution in [0.2, 0.25) is 0 Å². The maximum absolute atomic E-state index is 5.74. The molecule has 0 fully saturated rings. The fraction of sp³-hybridized carbons (Fsp3) is 0.583. The van der Waals surface area contributed by atoms with Gasteiger partial charge >= 0.3 is 0 Å². The number of hydrogen-bond acceptors (Lipinski definition) is 4. The van der Waals surface area contributed by atoms with Gasteiger partial charge in [-0.3, -0.25) is 0 Å². The molecule has 1 rings (SSSR count). The number of nitrogen functional groups attached to an aromatic ring is 1. The van der Waals surface area contributed by atoms with Crippen LogP contribution in [0.15, 0.2) is 10.7 Å². The van der Waals surface area contributed by atoms with Crippen LogP contribution in [0, 0.1) is 6.92 Å². The molecule has 0 saturated heterocycles. The highest BCUT2D eigenvalue weighted by molar-refractivity contribution is 9.10. The Kier molecular flexibility index (Phi) is 4.77. The fourth-order valence-corrected chi connectivity index (χ4v) is 1.61. The van der Waals surface area contributed by atoms with E-state index in [1.54, 1.807) is 13.3 Å². The number of ether oxygens (including phenoxy) is 2. The van der Waals surface area contributed by atoms with E-state index in [0.29, 0.717) is 18.2 Å². The first-order chi connectivity index (χ1) is 7.87. The van der Waals surface area contributed by atoms with Crippen molar-refractivity contribution in [3.05, 3.63) is 16.2 Å². The smallest absolute Gasteiger partial charge is 0.228 e. The van der Waals surface area contributed by atoms with Crippen LogP contribution in [0.1, 0.15) is 25.8 Å². The molecule has 1 heterocycles. The minimum absolute atomic E-state index is 0.185. The third kappa shape index (κ3) is 3.85. The first-order valence-corrected chi connectivity index (χ1v) is 6.25. The van der Waals surface area contributed by atoms with Gasteiger partial charge in [0.2, 0.25) is 5.88 Å². The molecule has 0 saturated carbocycles. The van der Waals surface area contributed by atoms with Gasteiger partial charge in [0, 0.05) is 13.5 Å². The van der Waals surface area contributed by atoms with Gasteiger partial charge in [0.1, 0.15) is 0 Å². The van der Waals surface area contributed by atoms with Gasteiger partial charge < -0.3 is 15.2 Å². The van der Waals surface area contributed by atoms with Gasteiger partial charge in [0.15, 0.2) is 0 Å². The third-order valence-corrected chi connectivity index (χ3v) is 3.70. The Balaban J connectivity index is 2.62. The minimum Gasteiger partial charge on any atom is -0.477 e. The third-order valence-electron chi connectivity index (χ3n) is 2.77. The van der Waals surface area contributed by atoms with Crippen LogP contribution in [-0.2, 0) is 4.74 Å². The number of methoxy groups -OCH3 is 1. The van der Waals surface area contributed by atoms with Gasteiger partial charge in [-0.2, -0.15) is 0 Å². The van der Waals surface area contributed by atoms with E-state index in [1.807, 2.05) is 20.8 Å². The molecule has 0 radical (unpaired) electrons. The zero-order valence-corrected chi connectivity index (χ0v) is 12.3. The Labute approximate surface area is 111 Å². The number of anilines is 1. The monoisotopic (exact) mass is 302 g/mol. The van der Waals surface area contributed by atoms with E-state index in [-0.39, 0.29) is 5.60 Å². The van der Waals surface area contributed by atoms with Crippen molar-refractivity contribution in [2.24, 2.45) is 0 Å². The summed E-state index contributed by atoms with van der Waals surface area (Å²) in [6.45, 7) is 6.52. The normalized spacial score (nSPS) is 11.6. The number of nitrogens with zero attached hydrogens (tertiary/aromatic N) is 1. The van der Waals surface area contributed by atoms with Crippen molar-refractivity contribution in [2.75, 3.05) is 19.5 Å². The van der Waals surface area contributed by atoms with Gasteiger partial charge in [0.05, 0.1) is 28.6 Å². The van der Waals surface area contributed by atoms with E-state index in [2.05, 4.69) is 20.9 Å². The number of rotatable bonds is 5. The average Bonchev–Trinajstić information content (AvgIpc) is 2.29. The van der Waals surface area contributed by atoms with E-state index >= 15 is 0 Å². The summed E-state index contributed by atoms with van der Waals surface area (Å²) in [4.78, 5) is 4.15. The molecule has 0 amide bonds. The summed E-state index contributed by atoms with van der Waals surface area (Å²) in [5, 5.41) is 0. The molecule has 17 heavy (non-hydrogen) atoms. The molecule has 0 aliphatic carbocycles. The van der Waals surface area contributed by atoms with Gasteiger partial charge in [-0.05, 0) is 42.3 Å². The van der Waals surface area contributed by atoms with Crippen LogP contribution >= 0.6 is 15.9 Å². The van der Waals surface area contributed by atoms with E-state index in [4.69, 9.17) is 15.2 Å². The van der Waals surface area contributed by atoms with Crippen molar-refractivity contribution in [3.63, 3.8) is 0 Å². The van der Waals surface area contributed by atoms with E-state index in [1.165, 1.54) is 0 Å². The van der Waals surface area contributed by atoms with E-state index in [9.17, 15) is 0 Å². The summed E-state index contributed by atoms with van der Waals surface area (Å²) in [5.74, 6) is 0.573. The largest absolute Gasteiger partial charge is 0.477 e. The van der Waals surface area contributed by atoms with Crippen LogP contribution in [0.5, 0.6) is 5.88 Å². The molecule has 96 valence electrons. The van der Waals surface area contributed by atoms with Crippen LogP contribution in [0.4, 0.5) is 5.69 Å². The van der Waals surface area contributed by atoms with Crippen molar-refractivity contribution in [3.8, 4) is 5.88 Å². The minimum atomic E-state index is -0.185. The summed E-state index contributed by atoms with van der Waals surface area (Å²) >= 11 is 3.43. The van der Waals surface area contributed by atoms with Crippen molar-refractivity contribution in [1.82, 2.24) is 4.98 Å². The molecule has 2 N–H and O–H groups in total. The van der Waals surface area contributed by atoms with Crippen molar-refractivity contribution in [2.45, 2.75) is 32.8 Å². The molecular formula is C12H19BrN2O2. The lowest BCUT2D eigenvalue weighted by Gasteiger charge is -2.22. The Morgan fingerprint density at radius 1 is 1.47 bits per heavy atom. The molecular weight excluding hydrogens is 284 g/mol. The highest BCUT2D eigenvalue weighted by Gasteiger charge is 2.17. The molecule has 0 aliphatic rings. The number of hydrogen-bond donors (Lipinski definition) is 1. The molecule has 0 atom stereocenters. The molecule has 1 aromatic rings. The summed E-state index contributed by atoms with van der Waals surface area (Å²) in [5.41, 5.74) is 7.16. The summed E-state index contributed by atoms with van der Waals surface area (Å²) in [6, 6.07) is 0. The van der Waals surface area contributed by atoms with Gasteiger partial charge in [0.25, 0.3) is 0 Å². The standard InChI is InChI=1S/C12H19BrN2O2/c1-8-9(14)7-15-11(10(8)13)17-6-5-12(2,3)16-4/h7H,5-6,14H2,1-4H3. The molecule has 0 aromatic carbocycles. The summed E-state index contributed by atoms with van der Waals surface area (Å²) in [7, 11) is 1.70. The SMILES string of the molecule is COC(C)(C)CCOc1ncc(N)c(C)c1Br. The van der Waals surface area contributed by atoms with Gasteiger partial charge in [-0.15, -0.1) is 0 Å². The zero-order chi connectivity index (χ0) is 13.1. The highest BCUT2D eigenvalue weighted by Crippen LogP contribution is 2.29. The summed E-state index contributed by atoms with van der Waals surface area (Å²) in [6.07, 6.45) is 2.40. The fourth-order valence-electron chi connectivity index (χ4n) is 1.16. The van der Waals surface area contributed by atoms with Crippen molar-refractivity contribution >= 4 is 21.6 Å². The zero-order valence-electron chi connectivity index (χ0n) is 10.7. The lowest BCUT2D eigenvalue weighted by Crippen LogP contribution is -2.25. The molecule has 0 spiro atoms. The predicted octanol–water partition coefficient (Wildman–Crippen LogP) is 2.93. The molecule has 0 unspecified atom stereocenters. The van der Waals surface area contributed by atoms with Gasteiger partial charge in [-0.25, -0.2) is 4.98 Å². The Morgan fingerprint density at radius 3 is 2.71 bits per heavy atom. The second-order valence-electron chi connectivity index (χ2n) is 4.52. The quantitative estimate of drug-likeness (QED) is 0.908. The molecule has 4 nitrogen and oxygen atoms in total. The van der Waals surface area contributed by atoms with E-state index < -0.39 is 0 Å². The second kappa shape index (κ2) is 5.69. The van der Waals surface area contributed by atoms with E-state index in [0.717, 1.165) is 16.5 Å². The lowest BCUT2D eigenvalue weighted by atomic mass is 10.1. The molecule has 0 aliphatic heterocycles. The maximum atomic E-state index is 5.74. The number of nitrogens with two attached hydrogens (primary N) is 1. The van der Waals surface area contributed by atoms with Crippen LogP contribution in [0.3, 0.4) is 0 Å². The van der Waals surface area contributed by atoms with Crippen LogP contribution in [-0.4, -0.2) is 24.3 Å². The molecule has 5 heteroatoms. The number of pyridine rings is 1. The lowest BCUT2D eigenvalue weighted by molar-refractivity contribution is 0.00501. The van der Waals surface area contributed by atoms with Crippen molar-refractivity contribution < 1.29 is 9.47 Å². The second-order valence-corrected chi connectivity index (χ2v) is 5.31. The van der Waals surface area contributed by atoms with Crippen LogP contribution in [0.25, 0.3) is 0 Å². The average molecular weight is 303 g/mol. The van der Waals surface area contributed by atoms with Gasteiger partial charge in [-0.1, -0.05) is 0 Å². The Bertz CT molecular complexity index is 394. The topological polar surface area (TPSA) is 57.4 Å². The Morgan fingerprint density at radius 2 is 2.12 bits per heavy atom. The first kappa shape index (κ1) is 14.3. The van der Waals surface area contributed by atoms with Crippen molar-refractivity contribution in [1.29, 1.82) is 0 Å². The molecule has 1 aromatic heterocycles. The predicted molar refractivity (Wildman–Crippen MR) is 72.3 cm³/mol. The number of halogens is 1. The summed E-state index contributed by atoms with van der Waals surface area (Å²) < 4.78 is 11.7. The highest BCUT2D eigenvalue weighted by atomic mass is 79.9.